The number of halogens is 1. The van der Waals surface area contributed by atoms with Gasteiger partial charge >= 0.3 is 0 Å². The number of fused-ring (bicyclic) bond motifs is 4. The molecule has 27 heavy (non-hydrogen) atoms. The minimum atomic E-state index is -0.0464. The molecular formula is C20H19ClN2OS3. The molecule has 3 nitrogen and oxygen atoms in total. The first-order chi connectivity index (χ1) is 13.2. The van der Waals surface area contributed by atoms with E-state index in [1.54, 1.807) is 11.3 Å². The molecule has 7 heteroatoms. The minimum Gasteiger partial charge on any atom is -0.316 e. The highest BCUT2D eigenvalue weighted by Crippen LogP contribution is 2.60. The van der Waals surface area contributed by atoms with Crippen molar-refractivity contribution < 1.29 is 4.79 Å². The van der Waals surface area contributed by atoms with Gasteiger partial charge in [0, 0.05) is 21.0 Å². The fourth-order valence-corrected chi connectivity index (χ4v) is 9.52. The average molecular weight is 435 g/mol. The molecule has 2 aromatic rings. The molecule has 5 rings (SSSR count). The summed E-state index contributed by atoms with van der Waals surface area (Å²) in [6, 6.07) is 7.82. The molecule has 0 bridgehead atoms. The summed E-state index contributed by atoms with van der Waals surface area (Å²) in [7, 11) is 0. The first-order valence-corrected chi connectivity index (χ1v) is 12.4. The van der Waals surface area contributed by atoms with Gasteiger partial charge in [0.2, 0.25) is 5.91 Å². The monoisotopic (exact) mass is 434 g/mol. The zero-order valence-electron chi connectivity index (χ0n) is 14.7. The molecule has 1 N–H and O–H groups in total. The molecule has 1 spiro atoms. The van der Waals surface area contributed by atoms with Crippen LogP contribution in [0.5, 0.6) is 0 Å². The Morgan fingerprint density at radius 3 is 2.78 bits per heavy atom. The SMILES string of the molecule is O=C1CN=C(c2ccccc2Cl)c2c(sc3c2CCCC32SCCCS2)N1. The molecule has 1 fully saturated rings. The van der Waals surface area contributed by atoms with Crippen LogP contribution >= 0.6 is 46.5 Å². The summed E-state index contributed by atoms with van der Waals surface area (Å²) in [5, 5.41) is 4.76. The van der Waals surface area contributed by atoms with Gasteiger partial charge in [0.15, 0.2) is 0 Å². The lowest BCUT2D eigenvalue weighted by Crippen LogP contribution is -2.27. The quantitative estimate of drug-likeness (QED) is 0.639. The van der Waals surface area contributed by atoms with E-state index in [9.17, 15) is 4.79 Å². The van der Waals surface area contributed by atoms with Crippen molar-refractivity contribution in [3.8, 4) is 0 Å². The predicted molar refractivity (Wildman–Crippen MR) is 119 cm³/mol. The number of hydrogen-bond acceptors (Lipinski definition) is 5. The Kier molecular flexibility index (Phi) is 4.79. The second-order valence-corrected chi connectivity index (χ2v) is 11.4. The smallest absolute Gasteiger partial charge is 0.246 e. The Morgan fingerprint density at radius 2 is 1.96 bits per heavy atom. The van der Waals surface area contributed by atoms with E-state index in [1.807, 2.05) is 24.3 Å². The van der Waals surface area contributed by atoms with Gasteiger partial charge < -0.3 is 5.32 Å². The van der Waals surface area contributed by atoms with Gasteiger partial charge in [-0.25, -0.2) is 0 Å². The largest absolute Gasteiger partial charge is 0.316 e. The Balaban J connectivity index is 1.72. The van der Waals surface area contributed by atoms with Crippen molar-refractivity contribution in [3.05, 3.63) is 50.9 Å². The number of anilines is 1. The summed E-state index contributed by atoms with van der Waals surface area (Å²) in [6.07, 6.45) is 4.71. The van der Waals surface area contributed by atoms with E-state index in [-0.39, 0.29) is 16.5 Å². The van der Waals surface area contributed by atoms with E-state index in [0.29, 0.717) is 5.02 Å². The van der Waals surface area contributed by atoms with Crippen molar-refractivity contribution >= 4 is 63.1 Å². The Morgan fingerprint density at radius 1 is 1.15 bits per heavy atom. The van der Waals surface area contributed by atoms with Crippen molar-refractivity contribution in [1.29, 1.82) is 0 Å². The Bertz CT molecular complexity index is 947. The van der Waals surface area contributed by atoms with Gasteiger partial charge in [-0.05, 0) is 48.8 Å². The highest BCUT2D eigenvalue weighted by molar-refractivity contribution is 8.18. The molecular weight excluding hydrogens is 416 g/mol. The summed E-state index contributed by atoms with van der Waals surface area (Å²) in [5.41, 5.74) is 4.28. The van der Waals surface area contributed by atoms with Crippen molar-refractivity contribution in [1.82, 2.24) is 0 Å². The standard InChI is InChI=1S/C20H19ClN2OS3/c21-14-7-2-1-5-12(14)17-16-13-6-3-8-20(25-9-4-10-26-20)18(13)27-19(16)23-15(24)11-22-17/h1-2,5,7H,3-4,6,8-11H2,(H,23,24). The van der Waals surface area contributed by atoms with E-state index in [0.717, 1.165) is 28.3 Å². The molecule has 140 valence electrons. The maximum Gasteiger partial charge on any atom is 0.246 e. The van der Waals surface area contributed by atoms with Crippen LogP contribution in [0.1, 0.15) is 40.8 Å². The lowest BCUT2D eigenvalue weighted by atomic mass is 9.90. The summed E-state index contributed by atoms with van der Waals surface area (Å²) >= 11 is 12.5. The van der Waals surface area contributed by atoms with E-state index in [2.05, 4.69) is 28.8 Å². The van der Waals surface area contributed by atoms with Crippen LogP contribution in [-0.2, 0) is 15.3 Å². The van der Waals surface area contributed by atoms with Crippen molar-refractivity contribution in [2.45, 2.75) is 29.8 Å². The molecule has 1 saturated heterocycles. The normalized spacial score (nSPS) is 21.1. The molecule has 0 radical (unpaired) electrons. The van der Waals surface area contributed by atoms with Crippen LogP contribution in [0.2, 0.25) is 5.02 Å². The lowest BCUT2D eigenvalue weighted by Gasteiger charge is -2.39. The first-order valence-electron chi connectivity index (χ1n) is 9.21. The predicted octanol–water partition coefficient (Wildman–Crippen LogP) is 5.55. The molecule has 1 aliphatic carbocycles. The molecule has 2 aliphatic heterocycles. The number of carbonyl (C=O) groups is 1. The van der Waals surface area contributed by atoms with Crippen LogP contribution in [0.3, 0.4) is 0 Å². The minimum absolute atomic E-state index is 0.0464. The zero-order chi connectivity index (χ0) is 18.4. The third kappa shape index (κ3) is 3.05. The lowest BCUT2D eigenvalue weighted by molar-refractivity contribution is -0.114. The number of nitrogens with zero attached hydrogens (tertiary/aromatic N) is 1. The Labute approximate surface area is 176 Å². The van der Waals surface area contributed by atoms with Crippen LogP contribution in [0.25, 0.3) is 0 Å². The maximum absolute atomic E-state index is 12.3. The first kappa shape index (κ1) is 18.1. The van der Waals surface area contributed by atoms with Gasteiger partial charge in [-0.3, -0.25) is 9.79 Å². The van der Waals surface area contributed by atoms with Crippen LogP contribution < -0.4 is 5.32 Å². The van der Waals surface area contributed by atoms with Crippen molar-refractivity contribution in [2.75, 3.05) is 23.4 Å². The zero-order valence-corrected chi connectivity index (χ0v) is 17.9. The number of hydrogen-bond donors (Lipinski definition) is 1. The van der Waals surface area contributed by atoms with Crippen LogP contribution in [0, 0.1) is 0 Å². The molecule has 3 aliphatic rings. The van der Waals surface area contributed by atoms with E-state index < -0.39 is 0 Å². The summed E-state index contributed by atoms with van der Waals surface area (Å²) in [6.45, 7) is 0.144. The number of thiophene rings is 1. The summed E-state index contributed by atoms with van der Waals surface area (Å²) in [4.78, 5) is 18.5. The average Bonchev–Trinajstić information content (AvgIpc) is 2.95. The number of benzene rings is 1. The van der Waals surface area contributed by atoms with E-state index in [1.165, 1.54) is 41.2 Å². The third-order valence-electron chi connectivity index (χ3n) is 5.24. The fraction of sp³-hybridized carbons (Fsp3) is 0.400. The van der Waals surface area contributed by atoms with Crippen LogP contribution in [-0.4, -0.2) is 29.7 Å². The molecule has 1 aromatic heterocycles. The number of amides is 1. The number of thioether (sulfide) groups is 2. The maximum atomic E-state index is 12.3. The Hall–Kier alpha value is -0.950. The highest BCUT2D eigenvalue weighted by atomic mass is 35.5. The van der Waals surface area contributed by atoms with Gasteiger partial charge in [-0.15, -0.1) is 34.9 Å². The molecule has 1 amide bonds. The number of aliphatic imine (C=N–C) groups is 1. The number of rotatable bonds is 1. The fourth-order valence-electron chi connectivity index (χ4n) is 4.08. The van der Waals surface area contributed by atoms with E-state index >= 15 is 0 Å². The van der Waals surface area contributed by atoms with Gasteiger partial charge in [0.05, 0.1) is 9.79 Å². The number of carbonyl (C=O) groups excluding carboxylic acids is 1. The topological polar surface area (TPSA) is 41.5 Å². The summed E-state index contributed by atoms with van der Waals surface area (Å²) in [5.74, 6) is 2.38. The van der Waals surface area contributed by atoms with Gasteiger partial charge in [-0.1, -0.05) is 29.8 Å². The van der Waals surface area contributed by atoms with Crippen molar-refractivity contribution in [3.63, 3.8) is 0 Å². The molecule has 1 aromatic carbocycles. The van der Waals surface area contributed by atoms with Crippen LogP contribution in [0.4, 0.5) is 5.00 Å². The van der Waals surface area contributed by atoms with E-state index in [4.69, 9.17) is 16.6 Å². The van der Waals surface area contributed by atoms with Gasteiger partial charge in [0.25, 0.3) is 0 Å². The molecule has 0 saturated carbocycles. The summed E-state index contributed by atoms with van der Waals surface area (Å²) < 4.78 is 0.152. The highest BCUT2D eigenvalue weighted by Gasteiger charge is 2.43. The number of nitrogens with one attached hydrogen (secondary N) is 1. The molecule has 0 atom stereocenters. The van der Waals surface area contributed by atoms with Crippen LogP contribution in [0.15, 0.2) is 29.3 Å². The molecule has 0 unspecified atom stereocenters. The van der Waals surface area contributed by atoms with Crippen molar-refractivity contribution in [2.24, 2.45) is 4.99 Å². The third-order valence-corrected chi connectivity index (χ3v) is 10.6. The molecule has 3 heterocycles. The second kappa shape index (κ2) is 7.14. The van der Waals surface area contributed by atoms with Gasteiger partial charge in [0.1, 0.15) is 11.5 Å². The second-order valence-electron chi connectivity index (χ2n) is 6.96. The van der Waals surface area contributed by atoms with Gasteiger partial charge in [-0.2, -0.15) is 0 Å².